The summed E-state index contributed by atoms with van der Waals surface area (Å²) in [7, 11) is 0. The summed E-state index contributed by atoms with van der Waals surface area (Å²) in [4.78, 5) is 14.3. The van der Waals surface area contributed by atoms with E-state index in [0.717, 1.165) is 60.2 Å². The van der Waals surface area contributed by atoms with E-state index in [9.17, 15) is 4.79 Å². The van der Waals surface area contributed by atoms with Crippen LogP contribution in [0.4, 0.5) is 0 Å². The van der Waals surface area contributed by atoms with E-state index in [4.69, 9.17) is 9.15 Å². The molecule has 28 heavy (non-hydrogen) atoms. The van der Waals surface area contributed by atoms with Gasteiger partial charge < -0.3 is 9.15 Å². The molecule has 0 aliphatic carbocycles. The van der Waals surface area contributed by atoms with E-state index in [1.54, 1.807) is 6.07 Å². The Balaban J connectivity index is 1.68. The zero-order chi connectivity index (χ0) is 19.7. The Hall–Kier alpha value is -2.59. The maximum Gasteiger partial charge on any atom is 0.336 e. The highest BCUT2D eigenvalue weighted by Crippen LogP contribution is 2.36. The largest absolute Gasteiger partial charge is 0.477 e. The van der Waals surface area contributed by atoms with Crippen molar-refractivity contribution >= 4 is 11.0 Å². The zero-order valence-electron chi connectivity index (χ0n) is 16.9. The van der Waals surface area contributed by atoms with E-state index in [1.807, 2.05) is 6.92 Å². The van der Waals surface area contributed by atoms with Gasteiger partial charge in [-0.15, -0.1) is 0 Å². The summed E-state index contributed by atoms with van der Waals surface area (Å²) < 4.78 is 11.7. The van der Waals surface area contributed by atoms with E-state index in [1.165, 1.54) is 11.1 Å². The number of ether oxygens (including phenoxy) is 1. The second-order valence-corrected chi connectivity index (χ2v) is 7.81. The minimum absolute atomic E-state index is 0.279. The van der Waals surface area contributed by atoms with Gasteiger partial charge >= 0.3 is 5.63 Å². The van der Waals surface area contributed by atoms with Crippen LogP contribution in [0, 0.1) is 13.8 Å². The zero-order valence-corrected chi connectivity index (χ0v) is 16.9. The molecule has 4 heteroatoms. The molecule has 0 unspecified atom stereocenters. The van der Waals surface area contributed by atoms with E-state index in [-0.39, 0.29) is 5.63 Å². The summed E-state index contributed by atoms with van der Waals surface area (Å²) in [6, 6.07) is 12.5. The summed E-state index contributed by atoms with van der Waals surface area (Å²) in [6.07, 6.45) is 3.05. The molecule has 2 aromatic carbocycles. The Labute approximate surface area is 165 Å². The molecular weight excluding hydrogens is 350 g/mol. The maximum absolute atomic E-state index is 12.1. The Bertz CT molecular complexity index is 1050. The quantitative estimate of drug-likeness (QED) is 0.580. The Morgan fingerprint density at radius 1 is 1.11 bits per heavy atom. The number of hydrogen-bond acceptors (Lipinski definition) is 4. The van der Waals surface area contributed by atoms with Crippen molar-refractivity contribution in [2.75, 3.05) is 6.73 Å². The molecule has 3 aromatic rings. The van der Waals surface area contributed by atoms with Crippen LogP contribution in [-0.2, 0) is 19.5 Å². The first kappa shape index (κ1) is 18.8. The lowest BCUT2D eigenvalue weighted by atomic mass is 9.98. The molecule has 0 amide bonds. The van der Waals surface area contributed by atoms with Gasteiger partial charge in [-0.25, -0.2) is 4.79 Å². The summed E-state index contributed by atoms with van der Waals surface area (Å²) in [6.45, 7) is 8.47. The third-order valence-electron chi connectivity index (χ3n) is 5.49. The first-order valence-electron chi connectivity index (χ1n) is 10.0. The molecule has 0 N–H and O–H groups in total. The molecule has 2 heterocycles. The molecule has 1 aliphatic heterocycles. The molecule has 0 saturated heterocycles. The van der Waals surface area contributed by atoms with Gasteiger partial charge in [-0.3, -0.25) is 4.90 Å². The lowest BCUT2D eigenvalue weighted by Gasteiger charge is -2.30. The van der Waals surface area contributed by atoms with Crippen LogP contribution in [0.3, 0.4) is 0 Å². The van der Waals surface area contributed by atoms with Crippen molar-refractivity contribution in [3.05, 3.63) is 74.6 Å². The molecule has 0 atom stereocenters. The highest BCUT2D eigenvalue weighted by Gasteiger charge is 2.23. The fourth-order valence-electron chi connectivity index (χ4n) is 3.96. The fourth-order valence-corrected chi connectivity index (χ4v) is 3.96. The van der Waals surface area contributed by atoms with Crippen LogP contribution >= 0.6 is 0 Å². The van der Waals surface area contributed by atoms with Gasteiger partial charge in [0.15, 0.2) is 0 Å². The first-order valence-corrected chi connectivity index (χ1v) is 10.0. The predicted octanol–water partition coefficient (Wildman–Crippen LogP) is 5.10. The van der Waals surface area contributed by atoms with Crippen molar-refractivity contribution in [3.63, 3.8) is 0 Å². The van der Waals surface area contributed by atoms with Gasteiger partial charge in [-0.05, 0) is 43.9 Å². The van der Waals surface area contributed by atoms with Gasteiger partial charge in [0.1, 0.15) is 18.1 Å². The average molecular weight is 377 g/mol. The molecule has 0 radical (unpaired) electrons. The number of unbranched alkanes of at least 4 members (excludes halogenated alkanes) is 1. The maximum atomic E-state index is 12.1. The average Bonchev–Trinajstić information content (AvgIpc) is 2.69. The van der Waals surface area contributed by atoms with Crippen molar-refractivity contribution in [1.29, 1.82) is 0 Å². The second-order valence-electron chi connectivity index (χ2n) is 7.81. The van der Waals surface area contributed by atoms with Crippen LogP contribution < -0.4 is 10.4 Å². The van der Waals surface area contributed by atoms with Gasteiger partial charge in [0.05, 0.1) is 0 Å². The number of hydrogen-bond donors (Lipinski definition) is 0. The topological polar surface area (TPSA) is 42.7 Å². The predicted molar refractivity (Wildman–Crippen MR) is 112 cm³/mol. The Kier molecular flexibility index (Phi) is 5.23. The molecule has 146 valence electrons. The minimum Gasteiger partial charge on any atom is -0.477 e. The van der Waals surface area contributed by atoms with Crippen LogP contribution in [-0.4, -0.2) is 11.6 Å². The standard InChI is InChI=1S/C24H27NO3/c1-4-5-6-19-12-22(26)28-24-17(3)23-20(11-21(19)24)14-25(15-27-23)13-18-9-7-16(2)8-10-18/h7-12H,4-6,13-15H2,1-3H3. The molecule has 1 aliphatic rings. The summed E-state index contributed by atoms with van der Waals surface area (Å²) >= 11 is 0. The number of fused-ring (bicyclic) bond motifs is 2. The third kappa shape index (κ3) is 3.69. The van der Waals surface area contributed by atoms with E-state index in [2.05, 4.69) is 49.1 Å². The normalized spacial score (nSPS) is 14.1. The summed E-state index contributed by atoms with van der Waals surface area (Å²) in [5.74, 6) is 0.864. The molecule has 4 rings (SSSR count). The Morgan fingerprint density at radius 3 is 2.64 bits per heavy atom. The second kappa shape index (κ2) is 7.80. The van der Waals surface area contributed by atoms with E-state index >= 15 is 0 Å². The van der Waals surface area contributed by atoms with Crippen molar-refractivity contribution in [3.8, 4) is 5.75 Å². The van der Waals surface area contributed by atoms with Crippen LogP contribution in [0.25, 0.3) is 11.0 Å². The minimum atomic E-state index is -0.279. The monoisotopic (exact) mass is 377 g/mol. The van der Waals surface area contributed by atoms with Crippen molar-refractivity contribution in [2.24, 2.45) is 0 Å². The van der Waals surface area contributed by atoms with Crippen LogP contribution in [0.2, 0.25) is 0 Å². The van der Waals surface area contributed by atoms with Crippen LogP contribution in [0.15, 0.2) is 45.6 Å². The van der Waals surface area contributed by atoms with Crippen molar-refractivity contribution in [2.45, 2.75) is 53.1 Å². The highest BCUT2D eigenvalue weighted by molar-refractivity contribution is 5.86. The van der Waals surface area contributed by atoms with Gasteiger partial charge in [-0.1, -0.05) is 43.2 Å². The van der Waals surface area contributed by atoms with Crippen LogP contribution in [0.5, 0.6) is 5.75 Å². The highest BCUT2D eigenvalue weighted by atomic mass is 16.5. The van der Waals surface area contributed by atoms with E-state index < -0.39 is 0 Å². The SMILES string of the molecule is CCCCc1cc(=O)oc2c(C)c3c(cc12)CN(Cc1ccc(C)cc1)CO3. The first-order chi connectivity index (χ1) is 13.5. The molecule has 0 spiro atoms. The smallest absolute Gasteiger partial charge is 0.336 e. The molecule has 0 saturated carbocycles. The van der Waals surface area contributed by atoms with Crippen molar-refractivity contribution < 1.29 is 9.15 Å². The Morgan fingerprint density at radius 2 is 1.89 bits per heavy atom. The molecule has 4 nitrogen and oxygen atoms in total. The fraction of sp³-hybridized carbons (Fsp3) is 0.375. The molecule has 1 aromatic heterocycles. The summed E-state index contributed by atoms with van der Waals surface area (Å²) in [5.41, 5.74) is 6.11. The third-order valence-corrected chi connectivity index (χ3v) is 5.49. The van der Waals surface area contributed by atoms with Gasteiger partial charge in [0.2, 0.25) is 0 Å². The van der Waals surface area contributed by atoms with E-state index in [0.29, 0.717) is 12.3 Å². The van der Waals surface area contributed by atoms with Gasteiger partial charge in [0.25, 0.3) is 0 Å². The number of benzene rings is 2. The lowest BCUT2D eigenvalue weighted by molar-refractivity contribution is 0.0881. The number of nitrogens with zero attached hydrogens (tertiary/aromatic N) is 1. The van der Waals surface area contributed by atoms with Crippen molar-refractivity contribution in [1.82, 2.24) is 4.90 Å². The summed E-state index contributed by atoms with van der Waals surface area (Å²) in [5, 5.41) is 1.05. The van der Waals surface area contributed by atoms with Gasteiger partial charge in [0, 0.05) is 35.7 Å². The number of aryl methyl sites for hydroxylation is 3. The van der Waals surface area contributed by atoms with Crippen LogP contribution in [0.1, 0.15) is 47.6 Å². The number of rotatable bonds is 5. The molecular formula is C24H27NO3. The van der Waals surface area contributed by atoms with Gasteiger partial charge in [-0.2, -0.15) is 0 Å². The molecule has 0 bridgehead atoms. The molecule has 0 fully saturated rings. The lowest BCUT2D eigenvalue weighted by Crippen LogP contribution is -2.32.